The maximum absolute atomic E-state index is 12.8. The molecule has 0 aliphatic carbocycles. The average Bonchev–Trinajstić information content (AvgIpc) is 2.53. The third-order valence-electron chi connectivity index (χ3n) is 3.25. The molecule has 23 heavy (non-hydrogen) atoms. The van der Waals surface area contributed by atoms with Crippen LogP contribution in [0.4, 0.5) is 18.9 Å². The van der Waals surface area contributed by atoms with Crippen LogP contribution in [0, 0.1) is 0 Å². The second-order valence-corrected chi connectivity index (χ2v) is 4.98. The third-order valence-corrected chi connectivity index (χ3v) is 3.25. The Balaban J connectivity index is 1.81. The number of hydrogen-bond donors (Lipinski definition) is 2. The van der Waals surface area contributed by atoms with Crippen molar-refractivity contribution in [3.8, 4) is 0 Å². The molecule has 0 unspecified atom stereocenters. The maximum atomic E-state index is 12.8. The van der Waals surface area contributed by atoms with Gasteiger partial charge in [-0.2, -0.15) is 13.2 Å². The predicted molar refractivity (Wildman–Crippen MR) is 83.1 cm³/mol. The van der Waals surface area contributed by atoms with E-state index in [4.69, 9.17) is 0 Å². The van der Waals surface area contributed by atoms with Gasteiger partial charge in [-0.25, -0.2) is 0 Å². The summed E-state index contributed by atoms with van der Waals surface area (Å²) in [5.74, 6) is -0.349. The zero-order valence-corrected chi connectivity index (χ0v) is 12.4. The highest BCUT2D eigenvalue weighted by molar-refractivity contribution is 5.81. The van der Waals surface area contributed by atoms with E-state index < -0.39 is 11.7 Å². The minimum atomic E-state index is -4.45. The molecule has 0 radical (unpaired) electrons. The number of anilines is 1. The minimum absolute atomic E-state index is 0.0989. The summed E-state index contributed by atoms with van der Waals surface area (Å²) in [6, 6.07) is 14.7. The molecule has 2 aromatic rings. The van der Waals surface area contributed by atoms with Crippen LogP contribution in [-0.4, -0.2) is 19.0 Å². The number of hydrogen-bond acceptors (Lipinski definition) is 2. The molecule has 6 heteroatoms. The van der Waals surface area contributed by atoms with Crippen molar-refractivity contribution in [2.24, 2.45) is 0 Å². The highest BCUT2D eigenvalue weighted by Gasteiger charge is 2.33. The van der Waals surface area contributed by atoms with Gasteiger partial charge in [-0.1, -0.05) is 42.5 Å². The van der Waals surface area contributed by atoms with Gasteiger partial charge in [-0.15, -0.1) is 0 Å². The van der Waals surface area contributed by atoms with E-state index in [1.165, 1.54) is 18.2 Å². The Hall–Kier alpha value is -2.50. The van der Waals surface area contributed by atoms with Gasteiger partial charge in [0.15, 0.2) is 0 Å². The first-order chi connectivity index (χ1) is 11.0. The number of carbonyl (C=O) groups excluding carboxylic acids is 1. The molecule has 0 atom stereocenters. The number of halogens is 3. The molecule has 2 rings (SSSR count). The number of para-hydroxylation sites is 1. The van der Waals surface area contributed by atoms with E-state index in [9.17, 15) is 18.0 Å². The van der Waals surface area contributed by atoms with Crippen molar-refractivity contribution in [1.29, 1.82) is 0 Å². The fourth-order valence-corrected chi connectivity index (χ4v) is 2.11. The van der Waals surface area contributed by atoms with E-state index in [2.05, 4.69) is 10.6 Å². The monoisotopic (exact) mass is 322 g/mol. The molecule has 0 saturated heterocycles. The van der Waals surface area contributed by atoms with Crippen molar-refractivity contribution < 1.29 is 18.0 Å². The van der Waals surface area contributed by atoms with Gasteiger partial charge in [0, 0.05) is 12.2 Å². The molecule has 3 nitrogen and oxygen atoms in total. The highest BCUT2D eigenvalue weighted by atomic mass is 19.4. The van der Waals surface area contributed by atoms with E-state index in [1.807, 2.05) is 30.3 Å². The second kappa shape index (κ2) is 7.67. The summed E-state index contributed by atoms with van der Waals surface area (Å²) in [5, 5.41) is 5.21. The Morgan fingerprint density at radius 2 is 1.61 bits per heavy atom. The number of benzene rings is 2. The van der Waals surface area contributed by atoms with Gasteiger partial charge in [0.25, 0.3) is 0 Å². The van der Waals surface area contributed by atoms with Gasteiger partial charge in [-0.3, -0.25) is 4.79 Å². The lowest BCUT2D eigenvalue weighted by molar-refractivity contribution is -0.137. The summed E-state index contributed by atoms with van der Waals surface area (Å²) in [6.45, 7) is 0.229. The average molecular weight is 322 g/mol. The smallest absolute Gasteiger partial charge is 0.376 e. The van der Waals surface area contributed by atoms with E-state index in [1.54, 1.807) is 0 Å². The Morgan fingerprint density at radius 3 is 2.30 bits per heavy atom. The predicted octanol–water partition coefficient (Wildman–Crippen LogP) is 3.48. The van der Waals surface area contributed by atoms with E-state index in [0.717, 1.165) is 11.6 Å². The van der Waals surface area contributed by atoms with Crippen molar-refractivity contribution in [2.45, 2.75) is 12.6 Å². The molecule has 0 heterocycles. The number of amides is 1. The van der Waals surface area contributed by atoms with E-state index in [-0.39, 0.29) is 18.1 Å². The molecule has 122 valence electrons. The number of nitrogens with one attached hydrogen (secondary N) is 2. The summed E-state index contributed by atoms with van der Waals surface area (Å²) in [6.07, 6.45) is -3.78. The van der Waals surface area contributed by atoms with Crippen LogP contribution in [0.1, 0.15) is 11.1 Å². The van der Waals surface area contributed by atoms with E-state index >= 15 is 0 Å². The van der Waals surface area contributed by atoms with Crippen LogP contribution < -0.4 is 10.6 Å². The van der Waals surface area contributed by atoms with Crippen molar-refractivity contribution in [3.63, 3.8) is 0 Å². The first-order valence-corrected chi connectivity index (χ1v) is 7.17. The van der Waals surface area contributed by atoms with Gasteiger partial charge in [-0.05, 0) is 24.1 Å². The van der Waals surface area contributed by atoms with Gasteiger partial charge in [0.2, 0.25) is 5.91 Å². The molecular weight excluding hydrogens is 305 g/mol. The fraction of sp³-hybridized carbons (Fsp3) is 0.235. The van der Waals surface area contributed by atoms with Crippen LogP contribution in [0.2, 0.25) is 0 Å². The first-order valence-electron chi connectivity index (χ1n) is 7.17. The Labute approximate surface area is 132 Å². The second-order valence-electron chi connectivity index (χ2n) is 4.98. The summed E-state index contributed by atoms with van der Waals surface area (Å²) in [5.41, 5.74) is 0.207. The quantitative estimate of drug-likeness (QED) is 0.855. The number of alkyl halides is 3. The molecule has 0 aromatic heterocycles. The van der Waals surface area contributed by atoms with Crippen molar-refractivity contribution in [1.82, 2.24) is 5.32 Å². The van der Waals surface area contributed by atoms with Crippen molar-refractivity contribution >= 4 is 11.6 Å². The molecule has 0 saturated carbocycles. The van der Waals surface area contributed by atoms with Gasteiger partial charge >= 0.3 is 6.18 Å². The first kappa shape index (κ1) is 16.9. The van der Waals surface area contributed by atoms with Crippen LogP contribution >= 0.6 is 0 Å². The standard InChI is InChI=1S/C17H17F3N2O/c18-17(19,20)14-8-4-5-9-15(14)22-12-16(23)21-11-10-13-6-2-1-3-7-13/h1-9,22H,10-12H2,(H,21,23). The Bertz CT molecular complexity index is 642. The van der Waals surface area contributed by atoms with Crippen LogP contribution in [0.3, 0.4) is 0 Å². The molecule has 1 amide bonds. The Morgan fingerprint density at radius 1 is 0.957 bits per heavy atom. The third kappa shape index (κ3) is 5.32. The largest absolute Gasteiger partial charge is 0.418 e. The topological polar surface area (TPSA) is 41.1 Å². The lowest BCUT2D eigenvalue weighted by Crippen LogP contribution is -2.31. The van der Waals surface area contributed by atoms with Gasteiger partial charge in [0.05, 0.1) is 12.1 Å². The van der Waals surface area contributed by atoms with Gasteiger partial charge in [0.1, 0.15) is 0 Å². The van der Waals surface area contributed by atoms with Crippen LogP contribution in [0.25, 0.3) is 0 Å². The summed E-state index contributed by atoms with van der Waals surface area (Å²) < 4.78 is 38.5. The van der Waals surface area contributed by atoms with Crippen molar-refractivity contribution in [3.05, 3.63) is 65.7 Å². The number of carbonyl (C=O) groups is 1. The van der Waals surface area contributed by atoms with Gasteiger partial charge < -0.3 is 10.6 Å². The molecular formula is C17H17F3N2O. The SMILES string of the molecule is O=C(CNc1ccccc1C(F)(F)F)NCCc1ccccc1. The zero-order chi connectivity index (χ0) is 16.7. The lowest BCUT2D eigenvalue weighted by atomic mass is 10.1. The number of rotatable bonds is 6. The molecule has 0 aliphatic heterocycles. The molecule has 2 N–H and O–H groups in total. The van der Waals surface area contributed by atoms with Crippen LogP contribution in [0.5, 0.6) is 0 Å². The fourth-order valence-electron chi connectivity index (χ4n) is 2.11. The molecule has 2 aromatic carbocycles. The molecule has 0 fully saturated rings. The molecule has 0 aliphatic rings. The summed E-state index contributed by atoms with van der Waals surface area (Å²) >= 11 is 0. The maximum Gasteiger partial charge on any atom is 0.418 e. The summed E-state index contributed by atoms with van der Waals surface area (Å²) in [7, 11) is 0. The normalized spacial score (nSPS) is 11.1. The van der Waals surface area contributed by atoms with Crippen molar-refractivity contribution in [2.75, 3.05) is 18.4 Å². The van der Waals surface area contributed by atoms with E-state index in [0.29, 0.717) is 13.0 Å². The van der Waals surface area contributed by atoms with Crippen LogP contribution in [0.15, 0.2) is 54.6 Å². The minimum Gasteiger partial charge on any atom is -0.376 e. The van der Waals surface area contributed by atoms with Crippen LogP contribution in [-0.2, 0) is 17.4 Å². The lowest BCUT2D eigenvalue weighted by Gasteiger charge is -2.14. The molecule has 0 spiro atoms. The Kier molecular flexibility index (Phi) is 5.62. The molecule has 0 bridgehead atoms. The zero-order valence-electron chi connectivity index (χ0n) is 12.4. The highest BCUT2D eigenvalue weighted by Crippen LogP contribution is 2.34. The summed E-state index contributed by atoms with van der Waals surface area (Å²) in [4.78, 5) is 11.7.